The maximum Gasteiger partial charge on any atom is 0.260 e. The van der Waals surface area contributed by atoms with Gasteiger partial charge < -0.3 is 20.3 Å². The van der Waals surface area contributed by atoms with E-state index < -0.39 is 0 Å². The van der Waals surface area contributed by atoms with Gasteiger partial charge in [-0.3, -0.25) is 14.5 Å². The van der Waals surface area contributed by atoms with Crippen molar-refractivity contribution < 1.29 is 14.3 Å². The first kappa shape index (κ1) is 20.1. The smallest absolute Gasteiger partial charge is 0.260 e. The Morgan fingerprint density at radius 2 is 1.94 bits per heavy atom. The highest BCUT2D eigenvalue weighted by atomic mass is 35.5. The molecule has 0 bridgehead atoms. The summed E-state index contributed by atoms with van der Waals surface area (Å²) in [6.45, 7) is 4.45. The van der Waals surface area contributed by atoms with Gasteiger partial charge in [0, 0.05) is 59.3 Å². The van der Waals surface area contributed by atoms with Gasteiger partial charge in [-0.15, -0.1) is 0 Å². The van der Waals surface area contributed by atoms with Gasteiger partial charge in [-0.2, -0.15) is 0 Å². The fourth-order valence-corrected chi connectivity index (χ4v) is 4.37. The van der Waals surface area contributed by atoms with Crippen LogP contribution >= 0.6 is 11.6 Å². The molecular formula is C23H23ClN4O3. The molecular weight excluding hydrogens is 416 g/mol. The van der Waals surface area contributed by atoms with Crippen LogP contribution in [0.1, 0.15) is 16.7 Å². The molecule has 3 aliphatic rings. The van der Waals surface area contributed by atoms with Gasteiger partial charge in [-0.1, -0.05) is 17.7 Å². The number of hydrogen-bond acceptors (Lipinski definition) is 5. The van der Waals surface area contributed by atoms with Gasteiger partial charge in [0.25, 0.3) is 5.91 Å². The van der Waals surface area contributed by atoms with E-state index in [9.17, 15) is 9.59 Å². The standard InChI is InChI=1S/C23H23ClN4O3/c1-27-6-8-28(9-7-27)12-20(29)25-16-4-2-14-13-31-22(17(14)11-16)21-18-10-15(24)3-5-19(18)26-23(21)30/h2-5,10-11H,6-9,12-13H2,1H3,(H,25,29)(H,26,30)/b22-21+. The van der Waals surface area contributed by atoms with Crippen molar-refractivity contribution in [2.75, 3.05) is 50.4 Å². The van der Waals surface area contributed by atoms with Crippen LogP contribution in [0.4, 0.5) is 11.4 Å². The molecule has 5 rings (SSSR count). The molecule has 1 fully saturated rings. The summed E-state index contributed by atoms with van der Waals surface area (Å²) >= 11 is 6.16. The van der Waals surface area contributed by atoms with Crippen molar-refractivity contribution in [2.24, 2.45) is 0 Å². The van der Waals surface area contributed by atoms with Crippen molar-refractivity contribution in [3.05, 3.63) is 58.1 Å². The lowest BCUT2D eigenvalue weighted by Gasteiger charge is -2.31. The zero-order valence-electron chi connectivity index (χ0n) is 17.2. The van der Waals surface area contributed by atoms with Crippen molar-refractivity contribution >= 4 is 46.1 Å². The molecule has 0 aromatic heterocycles. The summed E-state index contributed by atoms with van der Waals surface area (Å²) in [5.41, 5.74) is 4.39. The van der Waals surface area contributed by atoms with Crippen molar-refractivity contribution in [3.8, 4) is 0 Å². The van der Waals surface area contributed by atoms with Crippen LogP contribution < -0.4 is 10.6 Å². The Morgan fingerprint density at radius 1 is 1.13 bits per heavy atom. The molecule has 2 aromatic rings. The monoisotopic (exact) mass is 438 g/mol. The Labute approximate surface area is 185 Å². The Kier molecular flexibility index (Phi) is 5.17. The van der Waals surface area contributed by atoms with Gasteiger partial charge >= 0.3 is 0 Å². The number of anilines is 2. The van der Waals surface area contributed by atoms with Crippen molar-refractivity contribution in [2.45, 2.75) is 6.61 Å². The summed E-state index contributed by atoms with van der Waals surface area (Å²) in [6, 6.07) is 11.0. The molecule has 0 saturated carbocycles. The number of fused-ring (bicyclic) bond motifs is 2. The number of carbonyl (C=O) groups is 2. The van der Waals surface area contributed by atoms with Gasteiger partial charge in [-0.05, 0) is 37.4 Å². The minimum Gasteiger partial charge on any atom is -0.487 e. The third kappa shape index (κ3) is 3.92. The molecule has 2 N–H and O–H groups in total. The average molecular weight is 439 g/mol. The van der Waals surface area contributed by atoms with Gasteiger partial charge in [0.15, 0.2) is 0 Å². The van der Waals surface area contributed by atoms with E-state index >= 15 is 0 Å². The summed E-state index contributed by atoms with van der Waals surface area (Å²) < 4.78 is 5.92. The molecule has 0 atom stereocenters. The molecule has 0 unspecified atom stereocenters. The van der Waals surface area contributed by atoms with Gasteiger partial charge in [-0.25, -0.2) is 0 Å². The quantitative estimate of drug-likeness (QED) is 0.721. The fraction of sp³-hybridized carbons (Fsp3) is 0.304. The second-order valence-electron chi connectivity index (χ2n) is 8.14. The Morgan fingerprint density at radius 3 is 2.74 bits per heavy atom. The molecule has 160 valence electrons. The second-order valence-corrected chi connectivity index (χ2v) is 8.57. The summed E-state index contributed by atoms with van der Waals surface area (Å²) in [6.07, 6.45) is 0. The average Bonchev–Trinajstić information content (AvgIpc) is 3.28. The zero-order chi connectivity index (χ0) is 21.5. The van der Waals surface area contributed by atoms with E-state index in [1.807, 2.05) is 18.2 Å². The lowest BCUT2D eigenvalue weighted by molar-refractivity contribution is -0.117. The molecule has 3 heterocycles. The Hall–Kier alpha value is -2.87. The number of carbonyl (C=O) groups excluding carboxylic acids is 2. The Bertz CT molecular complexity index is 1110. The van der Waals surface area contributed by atoms with E-state index in [0.29, 0.717) is 40.9 Å². The number of amides is 2. The predicted octanol–water partition coefficient (Wildman–Crippen LogP) is 2.88. The lowest BCUT2D eigenvalue weighted by atomic mass is 10.00. The summed E-state index contributed by atoms with van der Waals surface area (Å²) in [4.78, 5) is 29.7. The van der Waals surface area contributed by atoms with E-state index in [0.717, 1.165) is 42.9 Å². The molecule has 8 heteroatoms. The normalized spacial score (nSPS) is 20.8. The number of rotatable bonds is 3. The number of piperazine rings is 1. The summed E-state index contributed by atoms with van der Waals surface area (Å²) in [5.74, 6) is 0.252. The molecule has 3 aliphatic heterocycles. The molecule has 0 aliphatic carbocycles. The van der Waals surface area contributed by atoms with Crippen molar-refractivity contribution in [1.82, 2.24) is 9.80 Å². The minimum atomic E-state index is -0.218. The number of nitrogens with zero attached hydrogens (tertiary/aromatic N) is 2. The molecule has 2 amide bonds. The van der Waals surface area contributed by atoms with Crippen molar-refractivity contribution in [1.29, 1.82) is 0 Å². The predicted molar refractivity (Wildman–Crippen MR) is 121 cm³/mol. The fourth-order valence-electron chi connectivity index (χ4n) is 4.20. The molecule has 2 aromatic carbocycles. The number of hydrogen-bond donors (Lipinski definition) is 2. The third-order valence-electron chi connectivity index (χ3n) is 5.93. The van der Waals surface area contributed by atoms with E-state index in [4.69, 9.17) is 16.3 Å². The first-order valence-corrected chi connectivity index (χ1v) is 10.7. The molecule has 1 saturated heterocycles. The van der Waals surface area contributed by atoms with Gasteiger partial charge in [0.2, 0.25) is 5.91 Å². The number of likely N-dealkylation sites (N-methyl/N-ethyl adjacent to an activating group) is 1. The highest BCUT2D eigenvalue weighted by Gasteiger charge is 2.32. The number of halogens is 1. The lowest BCUT2D eigenvalue weighted by Crippen LogP contribution is -2.47. The largest absolute Gasteiger partial charge is 0.487 e. The van der Waals surface area contributed by atoms with Crippen LogP contribution in [-0.4, -0.2) is 61.4 Å². The van der Waals surface area contributed by atoms with E-state index in [1.54, 1.807) is 18.2 Å². The van der Waals surface area contributed by atoms with Crippen LogP contribution in [0.5, 0.6) is 0 Å². The molecule has 0 radical (unpaired) electrons. The van der Waals surface area contributed by atoms with Gasteiger partial charge in [0.1, 0.15) is 12.4 Å². The first-order valence-electron chi connectivity index (χ1n) is 10.3. The second kappa shape index (κ2) is 8.00. The van der Waals surface area contributed by atoms with Crippen LogP contribution in [0.25, 0.3) is 11.3 Å². The number of ether oxygens (including phenoxy) is 1. The summed E-state index contributed by atoms with van der Waals surface area (Å²) in [5, 5.41) is 6.40. The van der Waals surface area contributed by atoms with Crippen LogP contribution in [0.15, 0.2) is 36.4 Å². The maximum atomic E-state index is 12.7. The first-order chi connectivity index (χ1) is 15.0. The highest BCUT2D eigenvalue weighted by molar-refractivity contribution is 6.38. The number of benzene rings is 2. The summed E-state index contributed by atoms with van der Waals surface area (Å²) in [7, 11) is 2.09. The molecule has 7 nitrogen and oxygen atoms in total. The third-order valence-corrected chi connectivity index (χ3v) is 6.16. The van der Waals surface area contributed by atoms with E-state index in [1.165, 1.54) is 0 Å². The zero-order valence-corrected chi connectivity index (χ0v) is 18.0. The molecule has 31 heavy (non-hydrogen) atoms. The van der Waals surface area contributed by atoms with E-state index in [2.05, 4.69) is 27.5 Å². The Balaban J connectivity index is 1.39. The van der Waals surface area contributed by atoms with Crippen LogP contribution in [0, 0.1) is 0 Å². The topological polar surface area (TPSA) is 73.9 Å². The molecule has 0 spiro atoms. The van der Waals surface area contributed by atoms with Crippen LogP contribution in [0.2, 0.25) is 5.02 Å². The highest BCUT2D eigenvalue weighted by Crippen LogP contribution is 2.42. The van der Waals surface area contributed by atoms with Crippen LogP contribution in [0.3, 0.4) is 0 Å². The van der Waals surface area contributed by atoms with Crippen LogP contribution in [-0.2, 0) is 20.9 Å². The van der Waals surface area contributed by atoms with Crippen molar-refractivity contribution in [3.63, 3.8) is 0 Å². The SMILES string of the molecule is CN1CCN(CC(=O)Nc2ccc3c(c2)/C(=C2\C(=O)Nc4ccc(Cl)cc42)OC3)CC1. The number of nitrogens with one attached hydrogen (secondary N) is 2. The van der Waals surface area contributed by atoms with Gasteiger partial charge in [0.05, 0.1) is 12.1 Å². The van der Waals surface area contributed by atoms with E-state index in [-0.39, 0.29) is 11.8 Å². The minimum absolute atomic E-state index is 0.0478. The maximum absolute atomic E-state index is 12.7.